The summed E-state index contributed by atoms with van der Waals surface area (Å²) >= 11 is 0. The van der Waals surface area contributed by atoms with Crippen molar-refractivity contribution in [3.8, 4) is 0 Å². The van der Waals surface area contributed by atoms with Crippen LogP contribution < -0.4 is 10.0 Å². The second-order valence-electron chi connectivity index (χ2n) is 20.5. The normalized spacial score (nSPS) is 31.5. The van der Waals surface area contributed by atoms with Gasteiger partial charge in [-0.25, -0.2) is 4.72 Å². The highest BCUT2D eigenvalue weighted by atomic mass is 32.2. The second kappa shape index (κ2) is 16.3. The molecule has 4 aliphatic carbocycles. The monoisotopic (exact) mass is 828 g/mol. The van der Waals surface area contributed by atoms with E-state index in [-0.39, 0.29) is 83.4 Å². The number of likely N-dealkylation sites (N-methyl/N-ethyl adjacent to an activating group) is 1. The average molecular weight is 828 g/mol. The Kier molecular flexibility index (Phi) is 12.6. The van der Waals surface area contributed by atoms with E-state index in [0.717, 1.165) is 77.3 Å². The number of likely N-dealkylation sites (tertiary alicyclic amines) is 2. The van der Waals surface area contributed by atoms with Crippen molar-refractivity contribution < 1.29 is 32.4 Å². The molecule has 2 saturated heterocycles. The van der Waals surface area contributed by atoms with Gasteiger partial charge in [0.15, 0.2) is 11.6 Å². The molecule has 2 heterocycles. The van der Waals surface area contributed by atoms with Crippen molar-refractivity contribution in [2.24, 2.45) is 44.8 Å². The highest BCUT2D eigenvalue weighted by Crippen LogP contribution is 2.88. The highest BCUT2D eigenvalue weighted by molar-refractivity contribution is 7.87. The Morgan fingerprint density at radius 2 is 1.55 bits per heavy atom. The van der Waals surface area contributed by atoms with Crippen LogP contribution in [0.4, 0.5) is 0 Å². The third-order valence-electron chi connectivity index (χ3n) is 16.7. The Bertz CT molecular complexity index is 1740. The van der Waals surface area contributed by atoms with E-state index in [4.69, 9.17) is 0 Å². The Morgan fingerprint density at radius 3 is 2.07 bits per heavy atom. The molecule has 0 aromatic carbocycles. The molecule has 4 saturated carbocycles. The van der Waals surface area contributed by atoms with Crippen molar-refractivity contribution in [1.29, 1.82) is 0 Å². The fraction of sp³-hybridized carbons (Fsp3) is 0.844. The summed E-state index contributed by atoms with van der Waals surface area (Å²) in [6, 6.07) is -1.74. The van der Waals surface area contributed by atoms with Gasteiger partial charge >= 0.3 is 10.2 Å². The van der Waals surface area contributed by atoms with E-state index in [2.05, 4.69) is 42.3 Å². The molecule has 2 spiro atoms. The highest BCUT2D eigenvalue weighted by Gasteiger charge is 2.85. The van der Waals surface area contributed by atoms with Crippen molar-refractivity contribution in [1.82, 2.24) is 24.1 Å². The van der Waals surface area contributed by atoms with Crippen molar-refractivity contribution in [2.75, 3.05) is 32.7 Å². The SMILES string of the molecule is C=C[C@@H]1C[C@]1(CC(=O)[C@@H]1C[C@@]2(CN1C(=O)[C@@H](CC(=O)[C@@H](NC(=O)[C@@H]1CCCN1CC)C1CCCCC1)C(C)(C)C)C(C)(C)C21CCC1)C(=O)NS(=O)(=O)N(CC)CC. The number of amides is 3. The maximum Gasteiger partial charge on any atom is 0.303 e. The third kappa shape index (κ3) is 7.53. The summed E-state index contributed by atoms with van der Waals surface area (Å²) < 4.78 is 29.8. The van der Waals surface area contributed by atoms with Crippen molar-refractivity contribution >= 4 is 39.5 Å². The van der Waals surface area contributed by atoms with E-state index >= 15 is 4.79 Å². The minimum absolute atomic E-state index is 0.0109. The molecule has 13 heteroatoms. The molecule has 326 valence electrons. The van der Waals surface area contributed by atoms with Gasteiger partial charge in [-0.05, 0) is 92.5 Å². The van der Waals surface area contributed by atoms with Gasteiger partial charge in [-0.15, -0.1) is 6.58 Å². The summed E-state index contributed by atoms with van der Waals surface area (Å²) in [5, 5.41) is 3.23. The predicted molar refractivity (Wildman–Crippen MR) is 224 cm³/mol. The zero-order valence-corrected chi connectivity index (χ0v) is 37.6. The maximum absolute atomic E-state index is 15.3. The first kappa shape index (κ1) is 44.9. The number of hydrogen-bond acceptors (Lipinski definition) is 8. The van der Waals surface area contributed by atoms with Crippen LogP contribution in [-0.4, -0.2) is 103 Å². The summed E-state index contributed by atoms with van der Waals surface area (Å²) in [7, 11) is -4.12. The number of nitrogens with zero attached hydrogens (tertiary/aromatic N) is 3. The topological polar surface area (TPSA) is 153 Å². The van der Waals surface area contributed by atoms with Gasteiger partial charge in [-0.2, -0.15) is 12.7 Å². The molecule has 6 rings (SSSR count). The van der Waals surface area contributed by atoms with Crippen molar-refractivity contribution in [3.05, 3.63) is 12.7 Å². The average Bonchev–Trinajstić information content (AvgIpc) is 3.67. The first-order chi connectivity index (χ1) is 27.2. The summed E-state index contributed by atoms with van der Waals surface area (Å²) in [6.07, 6.45) is 11.9. The number of rotatable bonds is 17. The number of fused-ring (bicyclic) bond motifs is 1. The first-order valence-electron chi connectivity index (χ1n) is 22.6. The number of hydrogen-bond donors (Lipinski definition) is 2. The van der Waals surface area contributed by atoms with Gasteiger partial charge in [0, 0.05) is 43.8 Å². The Balaban J connectivity index is 1.28. The number of carbonyl (C=O) groups excluding carboxylic acids is 5. The molecule has 6 fully saturated rings. The van der Waals surface area contributed by atoms with E-state index in [1.54, 1.807) is 24.8 Å². The van der Waals surface area contributed by atoms with Gasteiger partial charge in [0.2, 0.25) is 17.7 Å². The molecule has 2 N–H and O–H groups in total. The molecule has 2 aliphatic heterocycles. The molecule has 58 heavy (non-hydrogen) atoms. The summed E-state index contributed by atoms with van der Waals surface area (Å²) in [5.74, 6) is -2.51. The van der Waals surface area contributed by atoms with Crippen LogP contribution in [0, 0.1) is 44.8 Å². The molecule has 7 atom stereocenters. The third-order valence-corrected chi connectivity index (χ3v) is 18.3. The largest absolute Gasteiger partial charge is 0.345 e. The van der Waals surface area contributed by atoms with Gasteiger partial charge in [-0.1, -0.05) is 87.1 Å². The van der Waals surface area contributed by atoms with E-state index in [1.165, 1.54) is 4.31 Å². The number of ketones is 2. The van der Waals surface area contributed by atoms with Gasteiger partial charge in [0.25, 0.3) is 0 Å². The number of allylic oxidation sites excluding steroid dienone is 1. The number of nitrogens with one attached hydrogen (secondary N) is 2. The van der Waals surface area contributed by atoms with Crippen molar-refractivity contribution in [2.45, 2.75) is 163 Å². The molecule has 0 radical (unpaired) electrons. The fourth-order valence-electron chi connectivity index (χ4n) is 12.6. The summed E-state index contributed by atoms with van der Waals surface area (Å²) in [4.78, 5) is 76.5. The molecule has 0 aromatic rings. The molecule has 0 bridgehead atoms. The summed E-state index contributed by atoms with van der Waals surface area (Å²) in [5.41, 5.74) is -2.25. The van der Waals surface area contributed by atoms with Gasteiger partial charge < -0.3 is 10.2 Å². The zero-order valence-electron chi connectivity index (χ0n) is 36.8. The standard InChI is InChI=1S/C45H73N5O7S/c1-10-31-26-43(31,40(55)47-58(56,57)49(12-3)13-4)28-36(52)34-27-45(42(8,9)44(45)22-18-23-44)29-50(34)39(54)32(41(5,6)7)25-35(51)37(30-19-15-14-16-20-30)46-38(53)33-21-17-24-48(33)11-2/h10,30-34,37H,1,11-29H2,2-9H3,(H,46,53)(H,47,55)/t31-,32-,33+,34+,37+,43-,45-/m1/s1. The van der Waals surface area contributed by atoms with Crippen LogP contribution in [0.5, 0.6) is 0 Å². The van der Waals surface area contributed by atoms with Gasteiger partial charge in [-0.3, -0.25) is 28.9 Å². The molecule has 6 aliphatic rings. The van der Waals surface area contributed by atoms with Crippen LogP contribution in [0.2, 0.25) is 0 Å². The maximum atomic E-state index is 15.3. The molecular weight excluding hydrogens is 755 g/mol. The Hall–Kier alpha value is -2.64. The molecule has 0 aromatic heterocycles. The lowest BCUT2D eigenvalue weighted by atomic mass is 9.73. The first-order valence-corrected chi connectivity index (χ1v) is 24.0. The fourth-order valence-corrected chi connectivity index (χ4v) is 13.8. The van der Waals surface area contributed by atoms with Crippen LogP contribution in [0.15, 0.2) is 12.7 Å². The van der Waals surface area contributed by atoms with E-state index < -0.39 is 44.9 Å². The Labute approximate surface area is 348 Å². The second-order valence-corrected chi connectivity index (χ2v) is 22.1. The zero-order chi connectivity index (χ0) is 42.6. The number of carbonyl (C=O) groups is 5. The van der Waals surface area contributed by atoms with Crippen LogP contribution >= 0.6 is 0 Å². The van der Waals surface area contributed by atoms with Crippen LogP contribution in [-0.2, 0) is 34.2 Å². The lowest BCUT2D eigenvalue weighted by molar-refractivity contribution is -0.147. The predicted octanol–water partition coefficient (Wildman–Crippen LogP) is 5.81. The van der Waals surface area contributed by atoms with Crippen LogP contribution in [0.1, 0.15) is 145 Å². The van der Waals surface area contributed by atoms with Crippen LogP contribution in [0.3, 0.4) is 0 Å². The lowest BCUT2D eigenvalue weighted by Crippen LogP contribution is -2.54. The van der Waals surface area contributed by atoms with Gasteiger partial charge in [0.05, 0.1) is 23.5 Å². The van der Waals surface area contributed by atoms with Gasteiger partial charge in [0.1, 0.15) is 0 Å². The van der Waals surface area contributed by atoms with E-state index in [9.17, 15) is 27.6 Å². The minimum atomic E-state index is -4.12. The smallest absolute Gasteiger partial charge is 0.303 e. The number of Topliss-reactive ketones (excluding diaryl/α,β-unsaturated/α-hetero) is 2. The lowest BCUT2D eigenvalue weighted by Gasteiger charge is -2.37. The van der Waals surface area contributed by atoms with Crippen LogP contribution in [0.25, 0.3) is 0 Å². The summed E-state index contributed by atoms with van der Waals surface area (Å²) in [6.45, 7) is 22.2. The quantitative estimate of drug-likeness (QED) is 0.175. The van der Waals surface area contributed by atoms with Crippen molar-refractivity contribution in [3.63, 3.8) is 0 Å². The molecular formula is C45H73N5O7S. The Morgan fingerprint density at radius 1 is 0.897 bits per heavy atom. The molecule has 3 amide bonds. The van der Waals surface area contributed by atoms with E-state index in [1.807, 2.05) is 20.8 Å². The molecule has 12 nitrogen and oxygen atoms in total. The minimum Gasteiger partial charge on any atom is -0.345 e. The molecule has 0 unspecified atom stereocenters. The van der Waals surface area contributed by atoms with E-state index in [0.29, 0.717) is 19.4 Å².